The van der Waals surface area contributed by atoms with Crippen molar-refractivity contribution < 1.29 is 8.42 Å². The Labute approximate surface area is 73.8 Å². The standard InChI is InChI=1S/C7H16N2O2S/c1-2-12(10,11)9(6-5-8)7-3-4-7/h7H,2-6,8H2,1H3. The van der Waals surface area contributed by atoms with Crippen LogP contribution in [-0.4, -0.2) is 37.6 Å². The average molecular weight is 192 g/mol. The normalized spacial score (nSPS) is 18.6. The third kappa shape index (κ3) is 2.18. The predicted octanol–water partition coefficient (Wildman–Crippen LogP) is -0.241. The van der Waals surface area contributed by atoms with Gasteiger partial charge in [0.25, 0.3) is 0 Å². The predicted molar refractivity (Wildman–Crippen MR) is 48.2 cm³/mol. The van der Waals surface area contributed by atoms with Crippen molar-refractivity contribution in [2.75, 3.05) is 18.8 Å². The van der Waals surface area contributed by atoms with Crippen LogP contribution >= 0.6 is 0 Å². The summed E-state index contributed by atoms with van der Waals surface area (Å²) in [4.78, 5) is 0. The molecule has 0 aliphatic heterocycles. The Hall–Kier alpha value is -0.130. The van der Waals surface area contributed by atoms with E-state index >= 15 is 0 Å². The molecule has 72 valence electrons. The lowest BCUT2D eigenvalue weighted by atomic mass is 10.6. The van der Waals surface area contributed by atoms with E-state index in [1.807, 2.05) is 0 Å². The molecule has 0 heterocycles. The maximum atomic E-state index is 11.4. The zero-order valence-corrected chi connectivity index (χ0v) is 8.18. The van der Waals surface area contributed by atoms with Gasteiger partial charge in [-0.3, -0.25) is 0 Å². The van der Waals surface area contributed by atoms with Gasteiger partial charge in [0.2, 0.25) is 10.0 Å². The Balaban J connectivity index is 2.64. The summed E-state index contributed by atoms with van der Waals surface area (Å²) in [6, 6.07) is 0.249. The lowest BCUT2D eigenvalue weighted by Gasteiger charge is -2.19. The van der Waals surface area contributed by atoms with Gasteiger partial charge in [-0.25, -0.2) is 8.42 Å². The van der Waals surface area contributed by atoms with Gasteiger partial charge in [0, 0.05) is 19.1 Å². The molecule has 1 aliphatic carbocycles. The van der Waals surface area contributed by atoms with Gasteiger partial charge in [-0.1, -0.05) is 0 Å². The second-order valence-electron chi connectivity index (χ2n) is 3.03. The molecule has 0 aromatic heterocycles. The summed E-state index contributed by atoms with van der Waals surface area (Å²) < 4.78 is 24.4. The van der Waals surface area contributed by atoms with Crippen LogP contribution in [0.25, 0.3) is 0 Å². The molecule has 4 nitrogen and oxygen atoms in total. The molecule has 0 radical (unpaired) electrons. The molecule has 0 saturated heterocycles. The fourth-order valence-electron chi connectivity index (χ4n) is 1.20. The van der Waals surface area contributed by atoms with Crippen LogP contribution in [0.2, 0.25) is 0 Å². The smallest absolute Gasteiger partial charge is 0.214 e. The molecule has 1 rings (SSSR count). The molecule has 1 aliphatic rings. The van der Waals surface area contributed by atoms with Crippen molar-refractivity contribution in [3.8, 4) is 0 Å². The highest BCUT2D eigenvalue weighted by molar-refractivity contribution is 7.89. The number of nitrogens with zero attached hydrogens (tertiary/aromatic N) is 1. The van der Waals surface area contributed by atoms with Crippen molar-refractivity contribution in [1.82, 2.24) is 4.31 Å². The van der Waals surface area contributed by atoms with Crippen LogP contribution in [0, 0.1) is 0 Å². The zero-order valence-electron chi connectivity index (χ0n) is 7.36. The molecule has 0 unspecified atom stereocenters. The minimum Gasteiger partial charge on any atom is -0.329 e. The molecule has 1 fully saturated rings. The molecule has 0 aromatic carbocycles. The fraction of sp³-hybridized carbons (Fsp3) is 1.00. The SMILES string of the molecule is CCS(=O)(=O)N(CCN)C1CC1. The van der Waals surface area contributed by atoms with Gasteiger partial charge >= 0.3 is 0 Å². The molecule has 0 amide bonds. The van der Waals surface area contributed by atoms with Crippen molar-refractivity contribution in [2.24, 2.45) is 5.73 Å². The highest BCUT2D eigenvalue weighted by atomic mass is 32.2. The van der Waals surface area contributed by atoms with Crippen LogP contribution in [0.15, 0.2) is 0 Å². The van der Waals surface area contributed by atoms with Crippen LogP contribution < -0.4 is 5.73 Å². The first-order valence-corrected chi connectivity index (χ1v) is 5.92. The molecule has 0 spiro atoms. The topological polar surface area (TPSA) is 63.4 Å². The van der Waals surface area contributed by atoms with E-state index in [1.54, 1.807) is 11.2 Å². The number of nitrogens with two attached hydrogens (primary N) is 1. The molecular weight excluding hydrogens is 176 g/mol. The van der Waals surface area contributed by atoms with Crippen LogP contribution in [-0.2, 0) is 10.0 Å². The summed E-state index contributed by atoms with van der Waals surface area (Å²) in [5.41, 5.74) is 5.34. The first-order chi connectivity index (χ1) is 5.61. The Morgan fingerprint density at radius 1 is 1.50 bits per heavy atom. The second-order valence-corrected chi connectivity index (χ2v) is 5.24. The van der Waals surface area contributed by atoms with Crippen molar-refractivity contribution in [1.29, 1.82) is 0 Å². The largest absolute Gasteiger partial charge is 0.329 e. The van der Waals surface area contributed by atoms with E-state index in [0.717, 1.165) is 12.8 Å². The number of hydrogen-bond donors (Lipinski definition) is 1. The first-order valence-electron chi connectivity index (χ1n) is 4.31. The highest BCUT2D eigenvalue weighted by Gasteiger charge is 2.35. The van der Waals surface area contributed by atoms with Gasteiger partial charge in [0.1, 0.15) is 0 Å². The summed E-state index contributed by atoms with van der Waals surface area (Å²) in [6.07, 6.45) is 2.00. The highest BCUT2D eigenvalue weighted by Crippen LogP contribution is 2.28. The van der Waals surface area contributed by atoms with Crippen LogP contribution in [0.1, 0.15) is 19.8 Å². The summed E-state index contributed by atoms with van der Waals surface area (Å²) >= 11 is 0. The lowest BCUT2D eigenvalue weighted by molar-refractivity contribution is 0.412. The van der Waals surface area contributed by atoms with E-state index in [9.17, 15) is 8.42 Å². The molecule has 2 N–H and O–H groups in total. The van der Waals surface area contributed by atoms with E-state index < -0.39 is 10.0 Å². The second kappa shape index (κ2) is 3.72. The molecule has 0 bridgehead atoms. The number of rotatable bonds is 5. The monoisotopic (exact) mass is 192 g/mol. The van der Waals surface area contributed by atoms with E-state index in [2.05, 4.69) is 0 Å². The van der Waals surface area contributed by atoms with Crippen molar-refractivity contribution in [3.05, 3.63) is 0 Å². The summed E-state index contributed by atoms with van der Waals surface area (Å²) in [5, 5.41) is 0. The number of hydrogen-bond acceptors (Lipinski definition) is 3. The number of sulfonamides is 1. The van der Waals surface area contributed by atoms with Crippen molar-refractivity contribution in [2.45, 2.75) is 25.8 Å². The average Bonchev–Trinajstić information content (AvgIpc) is 2.83. The first kappa shape index (κ1) is 9.95. The maximum Gasteiger partial charge on any atom is 0.214 e. The Kier molecular flexibility index (Phi) is 3.09. The summed E-state index contributed by atoms with van der Waals surface area (Å²) in [5.74, 6) is 0.184. The summed E-state index contributed by atoms with van der Waals surface area (Å²) in [6.45, 7) is 2.55. The van der Waals surface area contributed by atoms with Gasteiger partial charge < -0.3 is 5.73 Å². The van der Waals surface area contributed by atoms with E-state index in [-0.39, 0.29) is 11.8 Å². The van der Waals surface area contributed by atoms with Crippen molar-refractivity contribution in [3.63, 3.8) is 0 Å². The van der Waals surface area contributed by atoms with Gasteiger partial charge in [-0.15, -0.1) is 0 Å². The quantitative estimate of drug-likeness (QED) is 0.654. The van der Waals surface area contributed by atoms with E-state index in [0.29, 0.717) is 13.1 Å². The third-order valence-electron chi connectivity index (χ3n) is 2.03. The van der Waals surface area contributed by atoms with E-state index in [4.69, 9.17) is 5.73 Å². The van der Waals surface area contributed by atoms with Gasteiger partial charge in [0.15, 0.2) is 0 Å². The van der Waals surface area contributed by atoms with Crippen LogP contribution in [0.3, 0.4) is 0 Å². The van der Waals surface area contributed by atoms with Gasteiger partial charge in [0.05, 0.1) is 5.75 Å². The summed E-state index contributed by atoms with van der Waals surface area (Å²) in [7, 11) is -3.01. The zero-order chi connectivity index (χ0) is 9.19. The Bertz CT molecular complexity index is 234. The van der Waals surface area contributed by atoms with Gasteiger partial charge in [-0.05, 0) is 19.8 Å². The maximum absolute atomic E-state index is 11.4. The van der Waals surface area contributed by atoms with Crippen LogP contribution in [0.5, 0.6) is 0 Å². The molecule has 0 aromatic rings. The molecule has 5 heteroatoms. The lowest BCUT2D eigenvalue weighted by Crippen LogP contribution is -2.38. The van der Waals surface area contributed by atoms with E-state index in [1.165, 1.54) is 0 Å². The molecule has 1 saturated carbocycles. The Morgan fingerprint density at radius 3 is 2.42 bits per heavy atom. The van der Waals surface area contributed by atoms with Crippen LogP contribution in [0.4, 0.5) is 0 Å². The van der Waals surface area contributed by atoms with Gasteiger partial charge in [-0.2, -0.15) is 4.31 Å². The van der Waals surface area contributed by atoms with Crippen molar-refractivity contribution >= 4 is 10.0 Å². The third-order valence-corrected chi connectivity index (χ3v) is 3.95. The molecular formula is C7H16N2O2S. The molecule has 0 atom stereocenters. The minimum atomic E-state index is -3.01. The molecule has 12 heavy (non-hydrogen) atoms. The Morgan fingerprint density at radius 2 is 2.08 bits per heavy atom. The fourth-order valence-corrected chi connectivity index (χ4v) is 2.58. The minimum absolute atomic E-state index is 0.184.